The normalized spacial score (nSPS) is 14.4. The van der Waals surface area contributed by atoms with Crippen molar-refractivity contribution in [2.75, 3.05) is 7.05 Å². The van der Waals surface area contributed by atoms with Crippen molar-refractivity contribution in [2.24, 2.45) is 10.7 Å². The molecule has 0 aliphatic carbocycles. The summed E-state index contributed by atoms with van der Waals surface area (Å²) in [5.41, 5.74) is 5.90. The molecule has 0 rings (SSSR count). The summed E-state index contributed by atoms with van der Waals surface area (Å²) >= 11 is 0. The van der Waals surface area contributed by atoms with E-state index in [1.807, 2.05) is 32.7 Å². The number of aliphatic imine (C=N–C) groups is 1. The van der Waals surface area contributed by atoms with E-state index in [1.165, 1.54) is 0 Å². The predicted octanol–water partition coefficient (Wildman–Crippen LogP) is 2.22. The highest BCUT2D eigenvalue weighted by Crippen LogP contribution is 2.17. The largest absolute Gasteiger partial charge is 0.370 e. The zero-order valence-corrected chi connectivity index (χ0v) is 10.7. The van der Waals surface area contributed by atoms with Gasteiger partial charge in [-0.25, -0.2) is 4.99 Å². The fraction of sp³-hybridized carbons (Fsp3) is 0.909. The monoisotopic (exact) mass is 199 g/mol. The molecule has 0 aliphatic heterocycles. The topological polar surface area (TPSA) is 41.6 Å². The van der Waals surface area contributed by atoms with Gasteiger partial charge >= 0.3 is 0 Å². The lowest BCUT2D eigenvalue weighted by atomic mass is 10.0. The molecule has 0 fully saturated rings. The minimum absolute atomic E-state index is 0.0683. The van der Waals surface area contributed by atoms with Crippen molar-refractivity contribution in [1.29, 1.82) is 0 Å². The lowest BCUT2D eigenvalue weighted by Gasteiger charge is -2.36. The van der Waals surface area contributed by atoms with Crippen molar-refractivity contribution in [3.63, 3.8) is 0 Å². The van der Waals surface area contributed by atoms with E-state index in [9.17, 15) is 0 Å². The number of hydrogen-bond acceptors (Lipinski definition) is 1. The van der Waals surface area contributed by atoms with Crippen LogP contribution in [-0.2, 0) is 0 Å². The Hall–Kier alpha value is -0.730. The molecule has 0 saturated heterocycles. The molecule has 0 unspecified atom stereocenters. The second-order valence-electron chi connectivity index (χ2n) is 5.37. The molecule has 0 heterocycles. The minimum Gasteiger partial charge on any atom is -0.370 e. The van der Waals surface area contributed by atoms with Gasteiger partial charge in [0.25, 0.3) is 0 Å². The van der Waals surface area contributed by atoms with Gasteiger partial charge in [-0.05, 0) is 41.0 Å². The highest BCUT2D eigenvalue weighted by molar-refractivity contribution is 5.79. The first kappa shape index (κ1) is 13.3. The highest BCUT2D eigenvalue weighted by atomic mass is 15.3. The second kappa shape index (κ2) is 4.20. The first-order chi connectivity index (χ1) is 6.10. The smallest absolute Gasteiger partial charge is 0.191 e. The number of nitrogens with two attached hydrogens (primary N) is 1. The maximum absolute atomic E-state index is 5.94. The third-order valence-corrected chi connectivity index (χ3v) is 2.57. The molecule has 0 atom stereocenters. The number of rotatable bonds is 2. The Bertz CT molecular complexity index is 211. The van der Waals surface area contributed by atoms with Crippen LogP contribution in [0.3, 0.4) is 0 Å². The zero-order chi connectivity index (χ0) is 11.6. The number of hydrogen-bond donors (Lipinski definition) is 1. The summed E-state index contributed by atoms with van der Waals surface area (Å²) in [4.78, 5) is 6.48. The van der Waals surface area contributed by atoms with Gasteiger partial charge in [0.15, 0.2) is 5.96 Å². The average Bonchev–Trinajstić information content (AvgIpc) is 2.00. The maximum atomic E-state index is 5.94. The van der Waals surface area contributed by atoms with Crippen LogP contribution in [0.15, 0.2) is 4.99 Å². The van der Waals surface area contributed by atoms with Gasteiger partial charge < -0.3 is 10.6 Å². The van der Waals surface area contributed by atoms with Crippen LogP contribution in [0.1, 0.15) is 48.0 Å². The summed E-state index contributed by atoms with van der Waals surface area (Å²) in [6.45, 7) is 12.6. The molecule has 0 aromatic heterocycles. The fourth-order valence-electron chi connectivity index (χ4n) is 0.966. The van der Waals surface area contributed by atoms with E-state index < -0.39 is 0 Å². The van der Waals surface area contributed by atoms with E-state index in [-0.39, 0.29) is 11.1 Å². The van der Waals surface area contributed by atoms with Crippen molar-refractivity contribution < 1.29 is 0 Å². The van der Waals surface area contributed by atoms with Crippen molar-refractivity contribution >= 4 is 5.96 Å². The molecule has 0 saturated carbocycles. The Morgan fingerprint density at radius 2 is 1.64 bits per heavy atom. The first-order valence-corrected chi connectivity index (χ1v) is 5.19. The van der Waals surface area contributed by atoms with Crippen LogP contribution in [0.2, 0.25) is 0 Å². The summed E-state index contributed by atoms with van der Waals surface area (Å²) in [6.07, 6.45) is 1.05. The Morgan fingerprint density at radius 1 is 1.21 bits per heavy atom. The summed E-state index contributed by atoms with van der Waals surface area (Å²) in [6, 6.07) is 0. The van der Waals surface area contributed by atoms with Crippen LogP contribution in [0, 0.1) is 0 Å². The second-order valence-corrected chi connectivity index (χ2v) is 5.37. The van der Waals surface area contributed by atoms with E-state index in [0.29, 0.717) is 5.96 Å². The lowest BCUT2D eigenvalue weighted by molar-refractivity contribution is 0.241. The van der Waals surface area contributed by atoms with Crippen LogP contribution in [0.4, 0.5) is 0 Å². The molecule has 3 nitrogen and oxygen atoms in total. The molecule has 2 N–H and O–H groups in total. The molecular weight excluding hydrogens is 174 g/mol. The van der Waals surface area contributed by atoms with E-state index in [4.69, 9.17) is 5.73 Å². The van der Waals surface area contributed by atoms with Gasteiger partial charge in [-0.1, -0.05) is 6.92 Å². The summed E-state index contributed by atoms with van der Waals surface area (Å²) < 4.78 is 0. The molecule has 0 radical (unpaired) electrons. The molecule has 0 bridgehead atoms. The van der Waals surface area contributed by atoms with Crippen LogP contribution < -0.4 is 5.73 Å². The third-order valence-electron chi connectivity index (χ3n) is 2.57. The molecule has 84 valence electrons. The quantitative estimate of drug-likeness (QED) is 0.547. The van der Waals surface area contributed by atoms with Crippen molar-refractivity contribution in [3.8, 4) is 0 Å². The van der Waals surface area contributed by atoms with Gasteiger partial charge in [0.2, 0.25) is 0 Å². The van der Waals surface area contributed by atoms with Crippen LogP contribution >= 0.6 is 0 Å². The van der Waals surface area contributed by atoms with Crippen molar-refractivity contribution in [2.45, 2.75) is 59.0 Å². The molecule has 0 aromatic rings. The van der Waals surface area contributed by atoms with E-state index in [0.717, 1.165) is 6.42 Å². The van der Waals surface area contributed by atoms with E-state index in [2.05, 4.69) is 25.8 Å². The van der Waals surface area contributed by atoms with Gasteiger partial charge in [0, 0.05) is 12.6 Å². The lowest BCUT2D eigenvalue weighted by Crippen LogP contribution is -2.49. The Balaban J connectivity index is 4.71. The Labute approximate surface area is 88.4 Å². The highest BCUT2D eigenvalue weighted by Gasteiger charge is 2.23. The number of nitrogens with zero attached hydrogens (tertiary/aromatic N) is 2. The molecule has 3 heteroatoms. The maximum Gasteiger partial charge on any atom is 0.191 e. The Kier molecular flexibility index (Phi) is 3.98. The van der Waals surface area contributed by atoms with Gasteiger partial charge in [0.1, 0.15) is 0 Å². The van der Waals surface area contributed by atoms with E-state index in [1.54, 1.807) is 0 Å². The van der Waals surface area contributed by atoms with Crippen LogP contribution in [0.25, 0.3) is 0 Å². The van der Waals surface area contributed by atoms with Gasteiger partial charge in [-0.2, -0.15) is 0 Å². The Morgan fingerprint density at radius 3 is 1.93 bits per heavy atom. The van der Waals surface area contributed by atoms with Gasteiger partial charge in [-0.3, -0.25) is 0 Å². The van der Waals surface area contributed by atoms with Crippen LogP contribution in [-0.4, -0.2) is 29.0 Å². The van der Waals surface area contributed by atoms with Crippen molar-refractivity contribution in [3.05, 3.63) is 0 Å². The van der Waals surface area contributed by atoms with Gasteiger partial charge in [-0.15, -0.1) is 0 Å². The molecular formula is C11H25N3. The summed E-state index contributed by atoms with van der Waals surface area (Å²) in [7, 11) is 1.99. The van der Waals surface area contributed by atoms with Crippen LogP contribution in [0.5, 0.6) is 0 Å². The molecule has 0 aliphatic rings. The third kappa shape index (κ3) is 3.99. The average molecular weight is 199 g/mol. The molecule has 0 amide bonds. The number of guanidine groups is 1. The van der Waals surface area contributed by atoms with E-state index >= 15 is 0 Å². The first-order valence-electron chi connectivity index (χ1n) is 5.19. The van der Waals surface area contributed by atoms with Gasteiger partial charge in [0.05, 0.1) is 5.54 Å². The SMILES string of the molecule is CCC(C)(C)N(C)C(N)=NC(C)(C)C. The molecule has 14 heavy (non-hydrogen) atoms. The zero-order valence-electron chi connectivity index (χ0n) is 10.7. The fourth-order valence-corrected chi connectivity index (χ4v) is 0.966. The summed E-state index contributed by atoms with van der Waals surface area (Å²) in [5, 5.41) is 0. The summed E-state index contributed by atoms with van der Waals surface area (Å²) in [5.74, 6) is 0.615. The minimum atomic E-state index is -0.109. The standard InChI is InChI=1S/C11H25N3/c1-8-11(5,6)14(7)9(12)13-10(2,3)4/h8H2,1-7H3,(H2,12,13). The predicted molar refractivity (Wildman–Crippen MR) is 63.5 cm³/mol. The molecule has 0 spiro atoms. The molecule has 0 aromatic carbocycles. The van der Waals surface area contributed by atoms with Crippen molar-refractivity contribution in [1.82, 2.24) is 4.90 Å².